The molecule has 4 aliphatic rings. The van der Waals surface area contributed by atoms with Crippen LogP contribution in [0.2, 0.25) is 19.6 Å². The zero-order chi connectivity index (χ0) is 11.1. The van der Waals surface area contributed by atoms with Crippen LogP contribution in [0.25, 0.3) is 0 Å². The molecule has 3 aliphatic carbocycles. The second kappa shape index (κ2) is 2.78. The smallest absolute Gasteiger partial charge is 0.184 e. The van der Waals surface area contributed by atoms with Gasteiger partial charge >= 0.3 is 0 Å². The second-order valence-electron chi connectivity index (χ2n) is 7.04. The number of fused-ring (bicyclic) bond motifs is 2. The first-order valence-electron chi connectivity index (χ1n) is 6.62. The molecule has 0 spiro atoms. The summed E-state index contributed by atoms with van der Waals surface area (Å²) in [6.45, 7) is 6.88. The van der Waals surface area contributed by atoms with E-state index in [0.29, 0.717) is 18.2 Å². The first kappa shape index (κ1) is 9.77. The quantitative estimate of drug-likeness (QED) is 0.679. The highest BCUT2D eigenvalue weighted by atomic mass is 28.4. The predicted molar refractivity (Wildman–Crippen MR) is 63.8 cm³/mol. The average Bonchev–Trinajstić information content (AvgIpc) is 2.82. The molecule has 0 aromatic heterocycles. The van der Waals surface area contributed by atoms with Crippen LogP contribution in [0.3, 0.4) is 0 Å². The number of hydrogen-bond acceptors (Lipinski definition) is 3. The molecule has 88 valence electrons. The van der Waals surface area contributed by atoms with Gasteiger partial charge in [-0.15, -0.1) is 0 Å². The summed E-state index contributed by atoms with van der Waals surface area (Å²) >= 11 is 0. The van der Waals surface area contributed by atoms with Crippen LogP contribution >= 0.6 is 0 Å². The van der Waals surface area contributed by atoms with E-state index in [1.165, 1.54) is 12.8 Å². The van der Waals surface area contributed by atoms with Gasteiger partial charge in [-0.05, 0) is 50.2 Å². The van der Waals surface area contributed by atoms with E-state index in [2.05, 4.69) is 29.9 Å². The van der Waals surface area contributed by atoms with Gasteiger partial charge in [0.05, 0.1) is 12.1 Å². The van der Waals surface area contributed by atoms with Crippen LogP contribution in [-0.2, 0) is 4.43 Å². The van der Waals surface area contributed by atoms with Crippen molar-refractivity contribution in [2.45, 2.75) is 50.7 Å². The molecule has 0 radical (unpaired) electrons. The highest BCUT2D eigenvalue weighted by molar-refractivity contribution is 6.69. The second-order valence-corrected chi connectivity index (χ2v) is 11.5. The predicted octanol–water partition coefficient (Wildman–Crippen LogP) is 2.70. The Morgan fingerprint density at radius 2 is 1.69 bits per heavy atom. The van der Waals surface area contributed by atoms with Gasteiger partial charge in [0.15, 0.2) is 8.32 Å². The molecule has 4 rings (SSSR count). The largest absolute Gasteiger partial charge is 0.412 e. The minimum Gasteiger partial charge on any atom is -0.412 e. The first-order chi connectivity index (χ1) is 7.54. The molecule has 0 aromatic rings. The zero-order valence-corrected chi connectivity index (χ0v) is 11.3. The minimum atomic E-state index is -1.43. The molecule has 0 amide bonds. The van der Waals surface area contributed by atoms with E-state index in [0.717, 1.165) is 23.7 Å². The maximum Gasteiger partial charge on any atom is 0.184 e. The Kier molecular flexibility index (Phi) is 1.70. The highest BCUT2D eigenvalue weighted by Gasteiger charge is 2.67. The highest BCUT2D eigenvalue weighted by Crippen LogP contribution is 2.64. The topological polar surface area (TPSA) is 34.0 Å². The van der Waals surface area contributed by atoms with Crippen molar-refractivity contribution in [3.63, 3.8) is 0 Å². The monoisotopic (exact) mass is 236 g/mol. The third-order valence-electron chi connectivity index (χ3n) is 5.05. The lowest BCUT2D eigenvalue weighted by molar-refractivity contribution is 0.126. The Morgan fingerprint density at radius 3 is 2.44 bits per heavy atom. The fraction of sp³-hybridized carbons (Fsp3) is 1.00. The van der Waals surface area contributed by atoms with Gasteiger partial charge in [0.25, 0.3) is 0 Å². The van der Waals surface area contributed by atoms with E-state index in [-0.39, 0.29) is 0 Å². The van der Waals surface area contributed by atoms with Crippen LogP contribution in [0.5, 0.6) is 0 Å². The Morgan fingerprint density at radius 1 is 1.00 bits per heavy atom. The van der Waals surface area contributed by atoms with Gasteiger partial charge in [-0.1, -0.05) is 0 Å². The van der Waals surface area contributed by atoms with Crippen molar-refractivity contribution in [3.05, 3.63) is 0 Å². The van der Waals surface area contributed by atoms with Gasteiger partial charge in [0, 0.05) is 5.92 Å². The molecule has 3 fully saturated rings. The van der Waals surface area contributed by atoms with Gasteiger partial charge in [-0.3, -0.25) is 0 Å². The van der Waals surface area contributed by atoms with E-state index < -0.39 is 8.32 Å². The van der Waals surface area contributed by atoms with E-state index in [9.17, 15) is 0 Å². The molecule has 16 heavy (non-hydrogen) atoms. The number of azo groups is 1. The fourth-order valence-electron chi connectivity index (χ4n) is 4.77. The van der Waals surface area contributed by atoms with E-state index in [1.807, 2.05) is 0 Å². The average molecular weight is 236 g/mol. The van der Waals surface area contributed by atoms with Crippen LogP contribution < -0.4 is 0 Å². The summed E-state index contributed by atoms with van der Waals surface area (Å²) in [6, 6.07) is 1.01. The van der Waals surface area contributed by atoms with Crippen molar-refractivity contribution >= 4 is 8.32 Å². The molecule has 0 aromatic carbocycles. The minimum absolute atomic E-state index is 0.419. The van der Waals surface area contributed by atoms with Crippen molar-refractivity contribution in [1.29, 1.82) is 0 Å². The third kappa shape index (κ3) is 1.07. The molecular weight excluding hydrogens is 216 g/mol. The number of nitrogens with zero attached hydrogens (tertiary/aromatic N) is 2. The van der Waals surface area contributed by atoms with Crippen LogP contribution in [0, 0.1) is 23.7 Å². The molecule has 1 aliphatic heterocycles. The van der Waals surface area contributed by atoms with Crippen molar-refractivity contribution < 1.29 is 4.43 Å². The van der Waals surface area contributed by atoms with Crippen molar-refractivity contribution in [1.82, 2.24) is 0 Å². The van der Waals surface area contributed by atoms with E-state index >= 15 is 0 Å². The van der Waals surface area contributed by atoms with Crippen LogP contribution in [-0.4, -0.2) is 26.5 Å². The summed E-state index contributed by atoms with van der Waals surface area (Å²) in [5, 5.41) is 9.09. The summed E-state index contributed by atoms with van der Waals surface area (Å²) in [6.07, 6.45) is 3.21. The fourth-order valence-corrected chi connectivity index (χ4v) is 5.90. The van der Waals surface area contributed by atoms with Gasteiger partial charge in [-0.25, -0.2) is 0 Å². The third-order valence-corrected chi connectivity index (χ3v) is 6.03. The van der Waals surface area contributed by atoms with Gasteiger partial charge in [0.1, 0.15) is 6.04 Å². The normalized spacial score (nSPS) is 56.6. The lowest BCUT2D eigenvalue weighted by atomic mass is 9.85. The van der Waals surface area contributed by atoms with Crippen molar-refractivity contribution in [3.8, 4) is 0 Å². The summed E-state index contributed by atoms with van der Waals surface area (Å²) < 4.78 is 6.42. The van der Waals surface area contributed by atoms with Crippen molar-refractivity contribution in [2.75, 3.05) is 0 Å². The first-order valence-corrected chi connectivity index (χ1v) is 10.0. The summed E-state index contributed by atoms with van der Waals surface area (Å²) in [7, 11) is -1.43. The molecule has 0 saturated heterocycles. The molecule has 2 bridgehead atoms. The number of rotatable bonds is 2. The Hall–Kier alpha value is -0.223. The molecule has 5 unspecified atom stereocenters. The van der Waals surface area contributed by atoms with Crippen LogP contribution in [0.4, 0.5) is 0 Å². The van der Waals surface area contributed by atoms with Gasteiger partial charge in [-0.2, -0.15) is 10.2 Å². The molecule has 3 nitrogen and oxygen atoms in total. The number of hydrogen-bond donors (Lipinski definition) is 0. The standard InChI is InChI=1S/C12H20N2OSi/c1-16(2,3)15-12-8-5-6-4-7(8)9-10(6)13-14-11(9)12/h6-12H,4-5H2,1-3H3/t6?,7?,8?,9-,10?,11+,12?/m1/s1. The zero-order valence-electron chi connectivity index (χ0n) is 10.3. The van der Waals surface area contributed by atoms with E-state index in [4.69, 9.17) is 4.43 Å². The van der Waals surface area contributed by atoms with Crippen LogP contribution in [0.15, 0.2) is 10.2 Å². The Bertz CT molecular complexity index is 365. The molecule has 0 N–H and O–H groups in total. The van der Waals surface area contributed by atoms with E-state index in [1.54, 1.807) is 0 Å². The molecule has 1 heterocycles. The summed E-state index contributed by atoms with van der Waals surface area (Å²) in [5.74, 6) is 3.34. The van der Waals surface area contributed by atoms with Crippen molar-refractivity contribution in [2.24, 2.45) is 33.9 Å². The lowest BCUT2D eigenvalue weighted by Gasteiger charge is -2.29. The van der Waals surface area contributed by atoms with Crippen LogP contribution in [0.1, 0.15) is 12.8 Å². The molecule has 4 heteroatoms. The van der Waals surface area contributed by atoms with Gasteiger partial charge < -0.3 is 4.43 Å². The Balaban J connectivity index is 1.68. The Labute approximate surface area is 97.8 Å². The lowest BCUT2D eigenvalue weighted by Crippen LogP contribution is -2.38. The summed E-state index contributed by atoms with van der Waals surface area (Å²) in [5.41, 5.74) is 0. The SMILES string of the molecule is C[Si](C)(C)OC1C2CC3CC2[C@@H]2C3N=N[C@H]12. The molecular formula is C12H20N2OSi. The summed E-state index contributed by atoms with van der Waals surface area (Å²) in [4.78, 5) is 0. The molecule has 7 atom stereocenters. The maximum absolute atomic E-state index is 6.42. The van der Waals surface area contributed by atoms with Gasteiger partial charge in [0.2, 0.25) is 0 Å². The molecule has 3 saturated carbocycles. The maximum atomic E-state index is 6.42.